The van der Waals surface area contributed by atoms with E-state index in [2.05, 4.69) is 48.5 Å². The summed E-state index contributed by atoms with van der Waals surface area (Å²) in [6.07, 6.45) is 12.9. The second-order valence-electron chi connectivity index (χ2n) is 8.55. The molecule has 0 aliphatic heterocycles. The lowest BCUT2D eigenvalue weighted by Crippen LogP contribution is -2.32. The van der Waals surface area contributed by atoms with Crippen molar-refractivity contribution in [3.8, 4) is 0 Å². The summed E-state index contributed by atoms with van der Waals surface area (Å²) in [4.78, 5) is 0. The highest BCUT2D eigenvalue weighted by molar-refractivity contribution is 4.83. The van der Waals surface area contributed by atoms with E-state index in [-0.39, 0.29) is 0 Å². The summed E-state index contributed by atoms with van der Waals surface area (Å²) in [6, 6.07) is 0. The molecule has 0 unspecified atom stereocenters. The Kier molecular flexibility index (Phi) is 9.03. The summed E-state index contributed by atoms with van der Waals surface area (Å²) in [5, 5.41) is 0. The fourth-order valence-electron chi connectivity index (χ4n) is 3.65. The molecule has 0 aromatic heterocycles. The van der Waals surface area contributed by atoms with Crippen LogP contribution in [-0.4, -0.2) is 0 Å². The first-order valence-electron chi connectivity index (χ1n) is 8.69. The van der Waals surface area contributed by atoms with Crippen LogP contribution in [0.3, 0.4) is 0 Å². The summed E-state index contributed by atoms with van der Waals surface area (Å²) in [5.74, 6) is 0.833. The highest BCUT2D eigenvalue weighted by Crippen LogP contribution is 2.43. The van der Waals surface area contributed by atoms with E-state index in [1.54, 1.807) is 0 Å². The molecule has 116 valence electrons. The van der Waals surface area contributed by atoms with Crippen molar-refractivity contribution in [1.29, 1.82) is 0 Å². The smallest absolute Gasteiger partial charge is 0.0317 e. The van der Waals surface area contributed by atoms with Crippen LogP contribution in [0, 0.1) is 16.7 Å². The van der Waals surface area contributed by atoms with Crippen molar-refractivity contribution in [1.82, 2.24) is 0 Å². The van der Waals surface area contributed by atoms with Crippen molar-refractivity contribution in [2.45, 2.75) is 106 Å². The van der Waals surface area contributed by atoms with Crippen LogP contribution in [0.15, 0.2) is 0 Å². The van der Waals surface area contributed by atoms with Crippen molar-refractivity contribution < 1.29 is 0 Å². The molecule has 0 aliphatic rings. The third kappa shape index (κ3) is 9.52. The van der Waals surface area contributed by atoms with Gasteiger partial charge in [0.25, 0.3) is 0 Å². The van der Waals surface area contributed by atoms with E-state index in [0.717, 1.165) is 5.92 Å². The lowest BCUT2D eigenvalue weighted by atomic mass is 9.65. The van der Waals surface area contributed by atoms with Crippen LogP contribution in [0.5, 0.6) is 0 Å². The van der Waals surface area contributed by atoms with E-state index in [1.807, 2.05) is 0 Å². The van der Waals surface area contributed by atoms with Crippen molar-refractivity contribution in [3.05, 3.63) is 0 Å². The van der Waals surface area contributed by atoms with Gasteiger partial charge in [-0.3, -0.25) is 0 Å². The molecule has 19 heavy (non-hydrogen) atoms. The quantitative estimate of drug-likeness (QED) is 0.387. The standard InChI is InChI=1S/C19H40/c1-8-9-10-11-12-13-14-15-16-17(18(2,3)4)19(5,6)7/h17H,8-16H2,1-7H3. The summed E-state index contributed by atoms with van der Waals surface area (Å²) < 4.78 is 0. The Labute approximate surface area is 123 Å². The summed E-state index contributed by atoms with van der Waals surface area (Å²) in [6.45, 7) is 16.8. The predicted octanol–water partition coefficient (Wildman–Crippen LogP) is 7.23. The van der Waals surface area contributed by atoms with Crippen LogP contribution in [0.4, 0.5) is 0 Å². The normalized spacial score (nSPS) is 13.3. The van der Waals surface area contributed by atoms with Gasteiger partial charge < -0.3 is 0 Å². The first-order chi connectivity index (χ1) is 8.69. The molecule has 0 aliphatic carbocycles. The monoisotopic (exact) mass is 268 g/mol. The molecule has 0 radical (unpaired) electrons. The van der Waals surface area contributed by atoms with Crippen molar-refractivity contribution >= 4 is 0 Å². The topological polar surface area (TPSA) is 0 Å². The summed E-state index contributed by atoms with van der Waals surface area (Å²) in [7, 11) is 0. The lowest BCUT2D eigenvalue weighted by Gasteiger charge is -2.41. The maximum Gasteiger partial charge on any atom is -0.0317 e. The maximum absolute atomic E-state index is 2.41. The molecule has 0 saturated heterocycles. The van der Waals surface area contributed by atoms with E-state index in [4.69, 9.17) is 0 Å². The van der Waals surface area contributed by atoms with Crippen LogP contribution < -0.4 is 0 Å². The Hall–Kier alpha value is 0. The van der Waals surface area contributed by atoms with Crippen LogP contribution in [0.25, 0.3) is 0 Å². The average Bonchev–Trinajstić information content (AvgIpc) is 2.23. The first kappa shape index (κ1) is 19.0. The molecule has 0 aromatic rings. The van der Waals surface area contributed by atoms with Crippen LogP contribution in [-0.2, 0) is 0 Å². The van der Waals surface area contributed by atoms with E-state index in [9.17, 15) is 0 Å². The number of hydrogen-bond acceptors (Lipinski definition) is 0. The van der Waals surface area contributed by atoms with Crippen molar-refractivity contribution in [2.75, 3.05) is 0 Å². The molecule has 0 amide bonds. The third-order valence-electron chi connectivity index (χ3n) is 4.44. The van der Waals surface area contributed by atoms with Gasteiger partial charge in [-0.25, -0.2) is 0 Å². The van der Waals surface area contributed by atoms with E-state index in [0.29, 0.717) is 10.8 Å². The minimum atomic E-state index is 0.444. The van der Waals surface area contributed by atoms with Crippen molar-refractivity contribution in [3.63, 3.8) is 0 Å². The molecule has 0 spiro atoms. The number of rotatable bonds is 9. The molecule has 0 heteroatoms. The van der Waals surface area contributed by atoms with Crippen LogP contribution in [0.1, 0.15) is 106 Å². The molecule has 0 bridgehead atoms. The largest absolute Gasteiger partial charge is 0.0654 e. The molecule has 0 atom stereocenters. The van der Waals surface area contributed by atoms with Gasteiger partial charge in [0.05, 0.1) is 0 Å². The van der Waals surface area contributed by atoms with Gasteiger partial charge in [-0.2, -0.15) is 0 Å². The molecule has 0 fully saturated rings. The van der Waals surface area contributed by atoms with E-state index >= 15 is 0 Å². The Balaban J connectivity index is 3.78. The van der Waals surface area contributed by atoms with E-state index in [1.165, 1.54) is 57.8 Å². The second kappa shape index (κ2) is 9.03. The Bertz CT molecular complexity index is 187. The van der Waals surface area contributed by atoms with Gasteiger partial charge in [-0.05, 0) is 23.2 Å². The Morgan fingerprint density at radius 3 is 1.32 bits per heavy atom. The van der Waals surface area contributed by atoms with Gasteiger partial charge in [-0.15, -0.1) is 0 Å². The third-order valence-corrected chi connectivity index (χ3v) is 4.44. The van der Waals surface area contributed by atoms with Gasteiger partial charge in [-0.1, -0.05) is 99.8 Å². The van der Waals surface area contributed by atoms with Gasteiger partial charge in [0.1, 0.15) is 0 Å². The molecule has 0 saturated carbocycles. The fraction of sp³-hybridized carbons (Fsp3) is 1.00. The highest BCUT2D eigenvalue weighted by Gasteiger charge is 2.33. The molecular weight excluding hydrogens is 228 g/mol. The molecule has 0 N–H and O–H groups in total. The highest BCUT2D eigenvalue weighted by atomic mass is 14.4. The van der Waals surface area contributed by atoms with Gasteiger partial charge in [0.2, 0.25) is 0 Å². The minimum Gasteiger partial charge on any atom is -0.0654 e. The SMILES string of the molecule is CCCCCCCCCCC(C(C)(C)C)C(C)(C)C. The minimum absolute atomic E-state index is 0.444. The first-order valence-corrected chi connectivity index (χ1v) is 8.69. The summed E-state index contributed by atoms with van der Waals surface area (Å²) >= 11 is 0. The van der Waals surface area contributed by atoms with Crippen LogP contribution in [0.2, 0.25) is 0 Å². The molecule has 0 nitrogen and oxygen atoms in total. The Morgan fingerprint density at radius 1 is 0.579 bits per heavy atom. The van der Waals surface area contributed by atoms with Gasteiger partial charge in [0.15, 0.2) is 0 Å². The predicted molar refractivity (Wildman–Crippen MR) is 89.6 cm³/mol. The number of hydrogen-bond donors (Lipinski definition) is 0. The van der Waals surface area contributed by atoms with Crippen LogP contribution >= 0.6 is 0 Å². The molecule has 0 aromatic carbocycles. The zero-order valence-electron chi connectivity index (χ0n) is 14.9. The molecule has 0 heterocycles. The summed E-state index contributed by atoms with van der Waals surface area (Å²) in [5.41, 5.74) is 0.888. The zero-order valence-corrected chi connectivity index (χ0v) is 14.9. The van der Waals surface area contributed by atoms with E-state index < -0.39 is 0 Å². The fourth-order valence-corrected chi connectivity index (χ4v) is 3.65. The molecule has 0 rings (SSSR count). The Morgan fingerprint density at radius 2 is 0.947 bits per heavy atom. The lowest BCUT2D eigenvalue weighted by molar-refractivity contribution is 0.0898. The van der Waals surface area contributed by atoms with Gasteiger partial charge >= 0.3 is 0 Å². The second-order valence-corrected chi connectivity index (χ2v) is 8.55. The zero-order chi connectivity index (χ0) is 14.9. The van der Waals surface area contributed by atoms with Crippen molar-refractivity contribution in [2.24, 2.45) is 16.7 Å². The average molecular weight is 269 g/mol. The molecular formula is C19H40. The van der Waals surface area contributed by atoms with Gasteiger partial charge in [0, 0.05) is 0 Å². The number of unbranched alkanes of at least 4 members (excludes halogenated alkanes) is 7. The maximum atomic E-state index is 2.41.